The number of rotatable bonds is 7. The Bertz CT molecular complexity index is 977. The fraction of sp³-hybridized carbons (Fsp3) is 0.273. The van der Waals surface area contributed by atoms with E-state index in [1.165, 1.54) is 23.5 Å². The lowest BCUT2D eigenvalue weighted by Gasteiger charge is -2.06. The summed E-state index contributed by atoms with van der Waals surface area (Å²) in [6.45, 7) is 3.90. The number of benzene rings is 2. The van der Waals surface area contributed by atoms with Gasteiger partial charge in [0.1, 0.15) is 16.5 Å². The molecule has 2 aromatic carbocycles. The van der Waals surface area contributed by atoms with Gasteiger partial charge in [0.25, 0.3) is 0 Å². The molecule has 0 saturated carbocycles. The molecule has 0 saturated heterocycles. The van der Waals surface area contributed by atoms with Crippen molar-refractivity contribution in [2.75, 3.05) is 6.61 Å². The van der Waals surface area contributed by atoms with Crippen LogP contribution in [0.2, 0.25) is 0 Å². The highest BCUT2D eigenvalue weighted by Gasteiger charge is 2.30. The van der Waals surface area contributed by atoms with Crippen molar-refractivity contribution in [3.63, 3.8) is 0 Å². The molecule has 0 aliphatic heterocycles. The van der Waals surface area contributed by atoms with E-state index in [4.69, 9.17) is 4.74 Å². The predicted molar refractivity (Wildman–Crippen MR) is 107 cm³/mol. The van der Waals surface area contributed by atoms with Crippen molar-refractivity contribution in [3.05, 3.63) is 70.2 Å². The Morgan fingerprint density at radius 1 is 1.07 bits per heavy atom. The number of Topliss-reactive ketones (excluding diaryl/α,β-unsaturated/α-hetero) is 1. The first kappa shape index (κ1) is 21.0. The number of aromatic nitrogens is 1. The zero-order valence-electron chi connectivity index (χ0n) is 16.0. The molecule has 0 aliphatic rings. The fourth-order valence-corrected chi connectivity index (χ4v) is 3.89. The molecule has 3 aromatic rings. The van der Waals surface area contributed by atoms with E-state index in [0.29, 0.717) is 30.0 Å². The first-order valence-electron chi connectivity index (χ1n) is 9.07. The summed E-state index contributed by atoms with van der Waals surface area (Å²) in [6, 6.07) is 12.5. The van der Waals surface area contributed by atoms with E-state index in [0.717, 1.165) is 34.0 Å². The maximum absolute atomic E-state index is 12.7. The summed E-state index contributed by atoms with van der Waals surface area (Å²) < 4.78 is 43.9. The average molecular weight is 419 g/mol. The van der Waals surface area contributed by atoms with Gasteiger partial charge in [-0.2, -0.15) is 13.2 Å². The van der Waals surface area contributed by atoms with Crippen LogP contribution in [-0.4, -0.2) is 17.4 Å². The van der Waals surface area contributed by atoms with E-state index in [1.807, 2.05) is 31.2 Å². The molecule has 0 aliphatic carbocycles. The van der Waals surface area contributed by atoms with Crippen LogP contribution < -0.4 is 4.74 Å². The molecule has 0 bridgehead atoms. The minimum atomic E-state index is -4.34. The summed E-state index contributed by atoms with van der Waals surface area (Å²) in [6.07, 6.45) is -3.28. The lowest BCUT2D eigenvalue weighted by atomic mass is 10.1. The van der Waals surface area contributed by atoms with Crippen molar-refractivity contribution in [1.82, 2.24) is 4.98 Å². The van der Waals surface area contributed by atoms with Gasteiger partial charge in [0, 0.05) is 23.3 Å². The van der Waals surface area contributed by atoms with Crippen molar-refractivity contribution < 1.29 is 22.7 Å². The Hall–Kier alpha value is -2.67. The summed E-state index contributed by atoms with van der Waals surface area (Å²) in [5, 5.41) is 0.694. The molecule has 0 fully saturated rings. The minimum Gasteiger partial charge on any atom is -0.493 e. The van der Waals surface area contributed by atoms with Crippen LogP contribution in [0.1, 0.15) is 28.6 Å². The quantitative estimate of drug-likeness (QED) is 0.479. The van der Waals surface area contributed by atoms with Crippen molar-refractivity contribution in [2.24, 2.45) is 0 Å². The molecule has 3 nitrogen and oxygen atoms in total. The van der Waals surface area contributed by atoms with Crippen LogP contribution >= 0.6 is 11.3 Å². The molecule has 152 valence electrons. The molecule has 0 amide bonds. The number of thiazole rings is 1. The molecular formula is C22H20F3NO2S. The van der Waals surface area contributed by atoms with Gasteiger partial charge in [0.15, 0.2) is 0 Å². The standard InChI is InChI=1S/C22H20F3NO2S/c1-14(27)13-16-3-9-19(10-4-16)28-12-11-20-15(2)26-21(29-20)17-5-7-18(8-6-17)22(23,24)25/h3-10H,11-13H2,1-2H3. The van der Waals surface area contributed by atoms with Crippen molar-refractivity contribution >= 4 is 17.1 Å². The van der Waals surface area contributed by atoms with Gasteiger partial charge in [-0.05, 0) is 43.7 Å². The Kier molecular flexibility index (Phi) is 6.37. The number of nitrogens with zero attached hydrogens (tertiary/aromatic N) is 1. The summed E-state index contributed by atoms with van der Waals surface area (Å²) in [4.78, 5) is 16.7. The number of ketones is 1. The minimum absolute atomic E-state index is 0.114. The topological polar surface area (TPSA) is 39.2 Å². The molecule has 0 radical (unpaired) electrons. The van der Waals surface area contributed by atoms with Crippen LogP contribution in [0.3, 0.4) is 0 Å². The van der Waals surface area contributed by atoms with Crippen LogP contribution in [0.5, 0.6) is 5.75 Å². The summed E-state index contributed by atoms with van der Waals surface area (Å²) in [7, 11) is 0. The van der Waals surface area contributed by atoms with Crippen LogP contribution in [0.4, 0.5) is 13.2 Å². The van der Waals surface area contributed by atoms with Crippen LogP contribution in [-0.2, 0) is 23.8 Å². The zero-order valence-corrected chi connectivity index (χ0v) is 16.9. The molecule has 29 heavy (non-hydrogen) atoms. The van der Waals surface area contributed by atoms with Gasteiger partial charge < -0.3 is 4.74 Å². The molecule has 0 spiro atoms. The number of ether oxygens (including phenoxy) is 1. The molecule has 7 heteroatoms. The van der Waals surface area contributed by atoms with Gasteiger partial charge in [0.05, 0.1) is 17.9 Å². The number of carbonyl (C=O) groups excluding carboxylic acids is 1. The third-order valence-corrected chi connectivity index (χ3v) is 5.59. The number of halogens is 3. The van der Waals surface area contributed by atoms with Gasteiger partial charge >= 0.3 is 6.18 Å². The summed E-state index contributed by atoms with van der Waals surface area (Å²) in [5.74, 6) is 0.839. The molecule has 1 aromatic heterocycles. The maximum atomic E-state index is 12.7. The van der Waals surface area contributed by atoms with E-state index in [2.05, 4.69) is 4.98 Å². The van der Waals surface area contributed by atoms with E-state index in [9.17, 15) is 18.0 Å². The number of carbonyl (C=O) groups is 1. The lowest BCUT2D eigenvalue weighted by molar-refractivity contribution is -0.137. The number of alkyl halides is 3. The van der Waals surface area contributed by atoms with E-state index in [-0.39, 0.29) is 5.78 Å². The summed E-state index contributed by atoms with van der Waals surface area (Å²) in [5.41, 5.74) is 1.80. The summed E-state index contributed by atoms with van der Waals surface area (Å²) >= 11 is 1.46. The van der Waals surface area contributed by atoms with Crippen molar-refractivity contribution in [2.45, 2.75) is 32.9 Å². The Morgan fingerprint density at radius 3 is 2.31 bits per heavy atom. The van der Waals surface area contributed by atoms with Gasteiger partial charge in [-0.25, -0.2) is 4.98 Å². The van der Waals surface area contributed by atoms with Gasteiger partial charge in [-0.1, -0.05) is 24.3 Å². The van der Waals surface area contributed by atoms with Gasteiger partial charge in [-0.15, -0.1) is 11.3 Å². The van der Waals surface area contributed by atoms with Crippen molar-refractivity contribution in [3.8, 4) is 16.3 Å². The second-order valence-electron chi connectivity index (χ2n) is 6.72. The first-order valence-corrected chi connectivity index (χ1v) is 9.89. The smallest absolute Gasteiger partial charge is 0.416 e. The fourth-order valence-electron chi connectivity index (χ4n) is 2.84. The Labute approximate surface area is 171 Å². The number of hydrogen-bond donors (Lipinski definition) is 0. The largest absolute Gasteiger partial charge is 0.493 e. The average Bonchev–Trinajstić information content (AvgIpc) is 3.03. The molecular weight excluding hydrogens is 399 g/mol. The third kappa shape index (κ3) is 5.67. The highest BCUT2D eigenvalue weighted by atomic mass is 32.1. The van der Waals surface area contributed by atoms with Crippen LogP contribution in [0.25, 0.3) is 10.6 Å². The highest BCUT2D eigenvalue weighted by molar-refractivity contribution is 7.15. The number of aryl methyl sites for hydroxylation is 1. The normalized spacial score (nSPS) is 11.5. The second-order valence-corrected chi connectivity index (χ2v) is 7.81. The molecule has 0 atom stereocenters. The predicted octanol–water partition coefficient (Wildman–Crippen LogP) is 5.89. The highest BCUT2D eigenvalue weighted by Crippen LogP contribution is 2.33. The zero-order chi connectivity index (χ0) is 21.0. The van der Waals surface area contributed by atoms with E-state index in [1.54, 1.807) is 6.92 Å². The van der Waals surface area contributed by atoms with Crippen molar-refractivity contribution in [1.29, 1.82) is 0 Å². The first-order chi connectivity index (χ1) is 13.7. The SMILES string of the molecule is CC(=O)Cc1ccc(OCCc2sc(-c3ccc(C(F)(F)F)cc3)nc2C)cc1. The molecule has 3 rings (SSSR count). The monoisotopic (exact) mass is 419 g/mol. The number of hydrogen-bond acceptors (Lipinski definition) is 4. The Balaban J connectivity index is 1.60. The maximum Gasteiger partial charge on any atom is 0.416 e. The molecule has 1 heterocycles. The Morgan fingerprint density at radius 2 is 1.72 bits per heavy atom. The van der Waals surface area contributed by atoms with Gasteiger partial charge in [-0.3, -0.25) is 4.79 Å². The van der Waals surface area contributed by atoms with E-state index < -0.39 is 11.7 Å². The van der Waals surface area contributed by atoms with Crippen LogP contribution in [0.15, 0.2) is 48.5 Å². The molecule has 0 unspecified atom stereocenters. The lowest BCUT2D eigenvalue weighted by Crippen LogP contribution is -2.03. The van der Waals surface area contributed by atoms with Gasteiger partial charge in [0.2, 0.25) is 0 Å². The molecule has 0 N–H and O–H groups in total. The third-order valence-electron chi connectivity index (χ3n) is 4.33. The van der Waals surface area contributed by atoms with Crippen LogP contribution in [0, 0.1) is 6.92 Å². The van der Waals surface area contributed by atoms with E-state index >= 15 is 0 Å². The second kappa shape index (κ2) is 8.78.